The van der Waals surface area contributed by atoms with E-state index in [1.54, 1.807) is 43.5 Å². The molecule has 34 heavy (non-hydrogen) atoms. The van der Waals surface area contributed by atoms with Crippen LogP contribution in [0.15, 0.2) is 42.6 Å². The lowest BCUT2D eigenvalue weighted by atomic mass is 10.00. The van der Waals surface area contributed by atoms with Crippen LogP contribution in [0, 0.1) is 23.1 Å². The molecule has 6 heteroatoms. The van der Waals surface area contributed by atoms with E-state index in [4.69, 9.17) is 5.26 Å². The van der Waals surface area contributed by atoms with Crippen LogP contribution < -0.4 is 5.73 Å². The van der Waals surface area contributed by atoms with E-state index in [0.29, 0.717) is 39.6 Å². The fourth-order valence-corrected chi connectivity index (χ4v) is 3.47. The quantitative estimate of drug-likeness (QED) is 0.402. The molecule has 4 rings (SSSR count). The zero-order chi connectivity index (χ0) is 25.7. The number of fused-ring (bicyclic) bond motifs is 1. The standard InChI is InChI=1S/C17H11FN2O.C6H12.C3H7NO.C2H6/c1-10(21)11-2-4-12(5-3-11)14-6-15-13(8-19)9-20-17(15)7-16(14)18;1-6-4-2-3-5-6;1-2-3(4)5;1-2/h2-7,9,20H,1H3;6H,2-5H2,1H3;2H2,1H3,(H2,4,5);1-2H3. The first-order valence-corrected chi connectivity index (χ1v) is 11.9. The number of aromatic nitrogens is 1. The van der Waals surface area contributed by atoms with Gasteiger partial charge in [0.25, 0.3) is 0 Å². The second kappa shape index (κ2) is 14.6. The number of halogens is 1. The van der Waals surface area contributed by atoms with Gasteiger partial charge in [0, 0.05) is 34.6 Å². The van der Waals surface area contributed by atoms with Gasteiger partial charge in [0.2, 0.25) is 5.91 Å². The fourth-order valence-electron chi connectivity index (χ4n) is 3.47. The molecule has 0 unspecified atom stereocenters. The number of ketones is 1. The number of nitrogens with two attached hydrogens (primary N) is 1. The number of Topliss-reactive ketones (excluding diaryl/α,β-unsaturated/α-hetero) is 1. The van der Waals surface area contributed by atoms with Crippen LogP contribution in [-0.2, 0) is 4.79 Å². The molecule has 0 aliphatic heterocycles. The molecule has 0 atom stereocenters. The third-order valence-electron chi connectivity index (χ3n) is 5.48. The summed E-state index contributed by atoms with van der Waals surface area (Å²) in [5.41, 5.74) is 7.39. The lowest BCUT2D eigenvalue weighted by molar-refractivity contribution is -0.117. The smallest absolute Gasteiger partial charge is 0.217 e. The summed E-state index contributed by atoms with van der Waals surface area (Å²) in [4.78, 5) is 23.7. The number of H-pyrrole nitrogens is 1. The largest absolute Gasteiger partial charge is 0.370 e. The monoisotopic (exact) mass is 465 g/mol. The molecular weight excluding hydrogens is 429 g/mol. The van der Waals surface area contributed by atoms with E-state index in [1.807, 2.05) is 13.8 Å². The van der Waals surface area contributed by atoms with Crippen LogP contribution in [0.4, 0.5) is 4.39 Å². The van der Waals surface area contributed by atoms with Crippen molar-refractivity contribution >= 4 is 22.6 Å². The number of benzene rings is 2. The Bertz CT molecular complexity index is 1110. The number of carbonyl (C=O) groups excluding carboxylic acids is 2. The number of nitrogens with zero attached hydrogens (tertiary/aromatic N) is 1. The summed E-state index contributed by atoms with van der Waals surface area (Å²) in [5, 5.41) is 9.74. The first-order valence-electron chi connectivity index (χ1n) is 11.9. The maximum atomic E-state index is 14.2. The zero-order valence-corrected chi connectivity index (χ0v) is 20.9. The van der Waals surface area contributed by atoms with Crippen LogP contribution in [-0.4, -0.2) is 16.7 Å². The maximum Gasteiger partial charge on any atom is 0.217 e. The molecule has 0 saturated heterocycles. The summed E-state index contributed by atoms with van der Waals surface area (Å²) in [6.45, 7) is 9.55. The second-order valence-corrected chi connectivity index (χ2v) is 8.03. The topological polar surface area (TPSA) is 99.7 Å². The van der Waals surface area contributed by atoms with Crippen molar-refractivity contribution in [1.29, 1.82) is 5.26 Å². The van der Waals surface area contributed by atoms with E-state index >= 15 is 0 Å². The third-order valence-corrected chi connectivity index (χ3v) is 5.48. The van der Waals surface area contributed by atoms with Crippen LogP contribution in [0.5, 0.6) is 0 Å². The van der Waals surface area contributed by atoms with Crippen LogP contribution >= 0.6 is 0 Å². The summed E-state index contributed by atoms with van der Waals surface area (Å²) < 4.78 is 14.2. The number of amides is 1. The Morgan fingerprint density at radius 3 is 2.12 bits per heavy atom. The van der Waals surface area contributed by atoms with Crippen molar-refractivity contribution in [3.63, 3.8) is 0 Å². The predicted octanol–water partition coefficient (Wildman–Crippen LogP) is 7.15. The predicted molar refractivity (Wildman–Crippen MR) is 137 cm³/mol. The van der Waals surface area contributed by atoms with Gasteiger partial charge in [-0.25, -0.2) is 4.39 Å². The summed E-state index contributed by atoms with van der Waals surface area (Å²) in [5.74, 6) is 0.397. The molecule has 2 aromatic carbocycles. The average molecular weight is 466 g/mol. The normalized spacial score (nSPS) is 12.3. The van der Waals surface area contributed by atoms with E-state index in [2.05, 4.69) is 23.7 Å². The highest BCUT2D eigenvalue weighted by Crippen LogP contribution is 2.29. The van der Waals surface area contributed by atoms with Crippen LogP contribution in [0.3, 0.4) is 0 Å². The number of primary amides is 1. The van der Waals surface area contributed by atoms with Gasteiger partial charge in [0.1, 0.15) is 11.9 Å². The van der Waals surface area contributed by atoms with Crippen LogP contribution in [0.2, 0.25) is 0 Å². The van der Waals surface area contributed by atoms with Crippen molar-refractivity contribution in [2.45, 2.75) is 66.7 Å². The minimum atomic E-state index is -0.371. The highest BCUT2D eigenvalue weighted by Gasteiger charge is 2.11. The Hall–Kier alpha value is -3.46. The first-order chi connectivity index (χ1) is 16.3. The van der Waals surface area contributed by atoms with E-state index in [1.165, 1.54) is 38.7 Å². The van der Waals surface area contributed by atoms with Gasteiger partial charge in [-0.2, -0.15) is 5.26 Å². The Kier molecular flexibility index (Phi) is 12.3. The molecule has 5 nitrogen and oxygen atoms in total. The molecule has 0 spiro atoms. The van der Waals surface area contributed by atoms with Crippen molar-refractivity contribution in [1.82, 2.24) is 4.98 Å². The minimum Gasteiger partial charge on any atom is -0.370 e. The van der Waals surface area contributed by atoms with Crippen molar-refractivity contribution in [3.05, 3.63) is 59.5 Å². The summed E-state index contributed by atoms with van der Waals surface area (Å²) in [6, 6.07) is 11.9. The van der Waals surface area contributed by atoms with Crippen LogP contribution in [0.1, 0.15) is 82.6 Å². The molecule has 0 bridgehead atoms. The first kappa shape index (κ1) is 28.6. The van der Waals surface area contributed by atoms with Crippen molar-refractivity contribution in [2.75, 3.05) is 0 Å². The van der Waals surface area contributed by atoms with Crippen molar-refractivity contribution in [2.24, 2.45) is 11.7 Å². The number of nitriles is 1. The van der Waals surface area contributed by atoms with Gasteiger partial charge in [-0.1, -0.05) is 77.6 Å². The van der Waals surface area contributed by atoms with Gasteiger partial charge < -0.3 is 10.7 Å². The molecule has 1 aliphatic rings. The number of nitrogens with one attached hydrogen (secondary N) is 1. The molecule has 1 aliphatic carbocycles. The summed E-state index contributed by atoms with van der Waals surface area (Å²) in [7, 11) is 0. The van der Waals surface area contributed by atoms with Gasteiger partial charge in [0.15, 0.2) is 5.78 Å². The Morgan fingerprint density at radius 2 is 1.71 bits per heavy atom. The molecular formula is C28H36FN3O2. The molecule has 1 aromatic heterocycles. The number of aromatic amines is 1. The van der Waals surface area contributed by atoms with E-state index in [-0.39, 0.29) is 17.5 Å². The summed E-state index contributed by atoms with van der Waals surface area (Å²) >= 11 is 0. The molecule has 3 N–H and O–H groups in total. The van der Waals surface area contributed by atoms with E-state index < -0.39 is 0 Å². The number of hydrogen-bond acceptors (Lipinski definition) is 3. The zero-order valence-electron chi connectivity index (χ0n) is 20.9. The Labute approximate surface area is 202 Å². The lowest BCUT2D eigenvalue weighted by Gasteiger charge is -2.05. The van der Waals surface area contributed by atoms with Gasteiger partial charge in [0.05, 0.1) is 5.56 Å². The Morgan fingerprint density at radius 1 is 1.15 bits per heavy atom. The highest BCUT2D eigenvalue weighted by atomic mass is 19.1. The van der Waals surface area contributed by atoms with E-state index in [0.717, 1.165) is 5.92 Å². The SMILES string of the molecule is CC.CC(=O)c1ccc(-c2cc3c(C#N)c[nH]c3cc2F)cc1.CC1CCCC1.CCC(N)=O. The molecule has 3 aromatic rings. The number of hydrogen-bond donors (Lipinski definition) is 2. The molecule has 1 saturated carbocycles. The van der Waals surface area contributed by atoms with Crippen LogP contribution in [0.25, 0.3) is 22.0 Å². The molecule has 1 fully saturated rings. The molecule has 1 heterocycles. The second-order valence-electron chi connectivity index (χ2n) is 8.03. The Balaban J connectivity index is 0.000000366. The van der Waals surface area contributed by atoms with E-state index in [9.17, 15) is 14.0 Å². The van der Waals surface area contributed by atoms with Crippen molar-refractivity contribution in [3.8, 4) is 17.2 Å². The molecule has 0 radical (unpaired) electrons. The van der Waals surface area contributed by atoms with Crippen molar-refractivity contribution < 1.29 is 14.0 Å². The molecule has 1 amide bonds. The fraction of sp³-hybridized carbons (Fsp3) is 0.393. The lowest BCUT2D eigenvalue weighted by Crippen LogP contribution is -2.06. The highest BCUT2D eigenvalue weighted by molar-refractivity contribution is 5.95. The average Bonchev–Trinajstić information content (AvgIpc) is 3.49. The third kappa shape index (κ3) is 8.47. The van der Waals surface area contributed by atoms with Gasteiger partial charge in [-0.15, -0.1) is 0 Å². The van der Waals surface area contributed by atoms with Gasteiger partial charge in [-0.3, -0.25) is 9.59 Å². The number of rotatable bonds is 3. The van der Waals surface area contributed by atoms with Gasteiger partial charge >= 0.3 is 0 Å². The summed E-state index contributed by atoms with van der Waals surface area (Å²) in [6.07, 6.45) is 7.95. The van der Waals surface area contributed by atoms with Gasteiger partial charge in [-0.05, 0) is 30.5 Å². The maximum absolute atomic E-state index is 14.2. The minimum absolute atomic E-state index is 0.0325. The number of carbonyl (C=O) groups is 2. The molecule has 182 valence electrons.